The molecule has 0 saturated heterocycles. The van der Waals surface area contributed by atoms with Gasteiger partial charge in [-0.3, -0.25) is 18.9 Å². The summed E-state index contributed by atoms with van der Waals surface area (Å²) >= 11 is 5.98. The van der Waals surface area contributed by atoms with Crippen LogP contribution in [0.3, 0.4) is 0 Å². The van der Waals surface area contributed by atoms with Crippen LogP contribution in [-0.2, 0) is 29.4 Å². The monoisotopic (exact) mass is 674 g/mol. The van der Waals surface area contributed by atoms with Crippen LogP contribution in [0.15, 0.2) is 53.1 Å². The van der Waals surface area contributed by atoms with Crippen molar-refractivity contribution >= 4 is 37.4 Å². The van der Waals surface area contributed by atoms with Gasteiger partial charge in [0, 0.05) is 25.2 Å². The number of phosphoric acid groups is 1. The lowest BCUT2D eigenvalue weighted by Gasteiger charge is -2.30. The molecule has 3 N–H and O–H groups in total. The first-order chi connectivity index (χ1) is 21.4. The van der Waals surface area contributed by atoms with Gasteiger partial charge in [0.05, 0.1) is 37.0 Å². The van der Waals surface area contributed by atoms with E-state index >= 15 is 0 Å². The molecule has 1 aromatic heterocycles. The first-order valence-corrected chi connectivity index (χ1v) is 15.6. The van der Waals surface area contributed by atoms with Gasteiger partial charge < -0.3 is 24.6 Å². The SMILES string of the molecule is CCOP(=O)(OCC)OC[C@H](O)C[C@@H](COC(=O)Nc1cc(-c2cccc(F)c2)on1)N(C)C(=O)NCc1cccc(F)c1Cl. The quantitative estimate of drug-likeness (QED) is 0.154. The average Bonchev–Trinajstić information content (AvgIpc) is 3.47. The number of amides is 3. The Labute approximate surface area is 263 Å². The third kappa shape index (κ3) is 11.1. The third-order valence-corrected chi connectivity index (χ3v) is 8.17. The van der Waals surface area contributed by atoms with Crippen molar-refractivity contribution in [1.29, 1.82) is 0 Å². The van der Waals surface area contributed by atoms with E-state index in [-0.39, 0.29) is 42.8 Å². The summed E-state index contributed by atoms with van der Waals surface area (Å²) in [4.78, 5) is 26.7. The second kappa shape index (κ2) is 17.2. The van der Waals surface area contributed by atoms with Gasteiger partial charge in [0.2, 0.25) is 0 Å². The number of aromatic nitrogens is 1. The summed E-state index contributed by atoms with van der Waals surface area (Å²) in [6.45, 7) is 2.22. The van der Waals surface area contributed by atoms with Crippen LogP contribution < -0.4 is 10.6 Å². The number of nitrogens with zero attached hydrogens (tertiary/aromatic N) is 2. The highest BCUT2D eigenvalue weighted by atomic mass is 35.5. The molecule has 0 bridgehead atoms. The van der Waals surface area contributed by atoms with Crippen molar-refractivity contribution in [3.8, 4) is 11.3 Å². The zero-order valence-corrected chi connectivity index (χ0v) is 26.4. The number of phosphoric ester groups is 1. The number of carbonyl (C=O) groups is 2. The van der Waals surface area contributed by atoms with Crippen LogP contribution in [0.25, 0.3) is 11.3 Å². The molecule has 0 aliphatic rings. The number of benzene rings is 2. The number of hydrogen-bond acceptors (Lipinski definition) is 10. The first kappa shape index (κ1) is 35.9. The van der Waals surface area contributed by atoms with Crippen LogP contribution in [0.4, 0.5) is 24.2 Å². The fraction of sp³-hybridized carbons (Fsp3) is 0.393. The van der Waals surface area contributed by atoms with Gasteiger partial charge in [-0.1, -0.05) is 41.0 Å². The van der Waals surface area contributed by atoms with Crippen molar-refractivity contribution in [3.05, 3.63) is 70.8 Å². The number of halogens is 3. The van der Waals surface area contributed by atoms with Crippen LogP contribution in [0.5, 0.6) is 0 Å². The summed E-state index contributed by atoms with van der Waals surface area (Å²) in [5.41, 5.74) is 0.720. The predicted octanol–water partition coefficient (Wildman–Crippen LogP) is 5.98. The molecular formula is C28H34ClF2N4O9P. The summed E-state index contributed by atoms with van der Waals surface area (Å²) < 4.78 is 65.7. The van der Waals surface area contributed by atoms with Gasteiger partial charge in [-0.15, -0.1) is 0 Å². The highest BCUT2D eigenvalue weighted by Gasteiger charge is 2.30. The minimum Gasteiger partial charge on any atom is -0.447 e. The molecule has 246 valence electrons. The maximum absolute atomic E-state index is 13.8. The number of likely N-dealkylation sites (N-methyl/N-ethyl adjacent to an activating group) is 1. The lowest BCUT2D eigenvalue weighted by Crippen LogP contribution is -2.47. The fourth-order valence-corrected chi connectivity index (χ4v) is 5.30. The predicted molar refractivity (Wildman–Crippen MR) is 159 cm³/mol. The van der Waals surface area contributed by atoms with Crippen LogP contribution in [0, 0.1) is 11.6 Å². The van der Waals surface area contributed by atoms with Gasteiger partial charge in [-0.05, 0) is 44.0 Å². The summed E-state index contributed by atoms with van der Waals surface area (Å²) in [6, 6.07) is 9.48. The van der Waals surface area contributed by atoms with Gasteiger partial charge >= 0.3 is 19.9 Å². The van der Waals surface area contributed by atoms with E-state index < -0.39 is 56.9 Å². The molecule has 0 aliphatic carbocycles. The van der Waals surface area contributed by atoms with E-state index in [1.807, 2.05) is 0 Å². The Morgan fingerprint density at radius 1 is 1.09 bits per heavy atom. The largest absolute Gasteiger partial charge is 0.474 e. The molecule has 3 amide bonds. The van der Waals surface area contributed by atoms with E-state index in [1.165, 1.54) is 49.5 Å². The molecule has 0 radical (unpaired) electrons. The number of urea groups is 1. The van der Waals surface area contributed by atoms with Crippen molar-refractivity contribution in [2.24, 2.45) is 0 Å². The van der Waals surface area contributed by atoms with Crippen molar-refractivity contribution in [1.82, 2.24) is 15.4 Å². The second-order valence-corrected chi connectivity index (χ2v) is 11.5. The van der Waals surface area contributed by atoms with Gasteiger partial charge in [0.15, 0.2) is 11.6 Å². The number of anilines is 1. The van der Waals surface area contributed by atoms with Crippen molar-refractivity contribution < 1.29 is 50.9 Å². The number of carbonyl (C=O) groups excluding carboxylic acids is 2. The molecule has 0 fully saturated rings. The second-order valence-electron chi connectivity index (χ2n) is 9.41. The summed E-state index contributed by atoms with van der Waals surface area (Å²) in [7, 11) is -2.55. The summed E-state index contributed by atoms with van der Waals surface area (Å²) in [5.74, 6) is -0.965. The van der Waals surface area contributed by atoms with Crippen LogP contribution >= 0.6 is 19.4 Å². The number of ether oxygens (including phenoxy) is 1. The standard InChI is InChI=1S/C28H34ClF2N4O9P/c1-4-41-45(39,42-5-2)43-17-22(36)13-21(35(3)27(37)32-15-19-9-7-11-23(31)26(19)29)16-40-28(38)33-25-14-24(44-34-25)18-8-6-10-20(30)12-18/h6-12,14,21-22,36H,4-5,13,15-17H2,1-3H3,(H,32,37)(H,33,34,38)/t21-,22+/m0/s1. The Kier molecular flexibility index (Phi) is 13.7. The fourth-order valence-electron chi connectivity index (χ4n) is 3.90. The molecule has 1 heterocycles. The Hall–Kier alpha value is -3.59. The van der Waals surface area contributed by atoms with E-state index in [4.69, 9.17) is 34.4 Å². The molecule has 3 aromatic rings. The molecule has 2 atom stereocenters. The van der Waals surface area contributed by atoms with E-state index in [2.05, 4.69) is 15.8 Å². The molecular weight excluding hydrogens is 641 g/mol. The van der Waals surface area contributed by atoms with Gasteiger partial charge in [0.25, 0.3) is 0 Å². The van der Waals surface area contributed by atoms with E-state index in [0.29, 0.717) is 11.1 Å². The minimum absolute atomic E-state index is 0.0232. The topological polar surface area (TPSA) is 162 Å². The van der Waals surface area contributed by atoms with Crippen molar-refractivity contribution in [2.45, 2.75) is 39.0 Å². The number of nitrogens with one attached hydrogen (secondary N) is 2. The molecule has 3 rings (SSSR count). The zero-order valence-electron chi connectivity index (χ0n) is 24.7. The molecule has 2 aromatic carbocycles. The van der Waals surface area contributed by atoms with Crippen molar-refractivity contribution in [3.63, 3.8) is 0 Å². The maximum Gasteiger partial charge on any atom is 0.474 e. The average molecular weight is 675 g/mol. The third-order valence-electron chi connectivity index (χ3n) is 6.13. The molecule has 0 spiro atoms. The number of hydrogen-bond donors (Lipinski definition) is 3. The van der Waals surface area contributed by atoms with Gasteiger partial charge in [-0.25, -0.2) is 22.9 Å². The van der Waals surface area contributed by atoms with Crippen LogP contribution in [-0.4, -0.2) is 72.9 Å². The van der Waals surface area contributed by atoms with E-state index in [9.17, 15) is 28.0 Å². The number of rotatable bonds is 16. The first-order valence-electron chi connectivity index (χ1n) is 13.8. The van der Waals surface area contributed by atoms with E-state index in [0.717, 1.165) is 4.90 Å². The highest BCUT2D eigenvalue weighted by Crippen LogP contribution is 2.49. The molecule has 13 nitrogen and oxygen atoms in total. The molecule has 45 heavy (non-hydrogen) atoms. The summed E-state index contributed by atoms with van der Waals surface area (Å²) in [5, 5.41) is 19.2. The summed E-state index contributed by atoms with van der Waals surface area (Å²) in [6.07, 6.45) is -2.49. The lowest BCUT2D eigenvalue weighted by molar-refractivity contribution is 0.0353. The van der Waals surface area contributed by atoms with Gasteiger partial charge in [0.1, 0.15) is 18.2 Å². The Balaban J connectivity index is 1.66. The maximum atomic E-state index is 13.8. The normalized spacial score (nSPS) is 12.8. The van der Waals surface area contributed by atoms with Crippen molar-refractivity contribution in [2.75, 3.05) is 38.8 Å². The lowest BCUT2D eigenvalue weighted by atomic mass is 10.1. The van der Waals surface area contributed by atoms with Crippen LogP contribution in [0.1, 0.15) is 25.8 Å². The van der Waals surface area contributed by atoms with Gasteiger partial charge in [-0.2, -0.15) is 0 Å². The Bertz CT molecular complexity index is 1470. The number of aliphatic hydroxyl groups excluding tert-OH is 1. The highest BCUT2D eigenvalue weighted by molar-refractivity contribution is 7.48. The zero-order chi connectivity index (χ0) is 33.0. The minimum atomic E-state index is -3.93. The smallest absolute Gasteiger partial charge is 0.447 e. The molecule has 17 heteroatoms. The Morgan fingerprint density at radius 3 is 2.49 bits per heavy atom. The number of aliphatic hydroxyl groups is 1. The molecule has 0 saturated carbocycles. The Morgan fingerprint density at radius 2 is 1.80 bits per heavy atom. The van der Waals surface area contributed by atoms with E-state index in [1.54, 1.807) is 19.9 Å². The van der Waals surface area contributed by atoms with Crippen LogP contribution in [0.2, 0.25) is 5.02 Å². The molecule has 0 aliphatic heterocycles. The molecule has 0 unspecified atom stereocenters.